The summed E-state index contributed by atoms with van der Waals surface area (Å²) in [5.41, 5.74) is 0.857. The normalized spacial score (nSPS) is 18.6. The molecule has 1 fully saturated rings. The molecule has 0 bridgehead atoms. The Kier molecular flexibility index (Phi) is 3.92. The van der Waals surface area contributed by atoms with Crippen LogP contribution in [0.1, 0.15) is 11.8 Å². The average molecular weight is 286 g/mol. The quantitative estimate of drug-likeness (QED) is 0.830. The van der Waals surface area contributed by atoms with Crippen molar-refractivity contribution in [2.24, 2.45) is 0 Å². The third-order valence-electron chi connectivity index (χ3n) is 3.37. The topological polar surface area (TPSA) is 67.3 Å². The van der Waals surface area contributed by atoms with Crippen LogP contribution in [-0.2, 0) is 4.74 Å². The molecule has 0 radical (unpaired) electrons. The van der Waals surface area contributed by atoms with Crippen molar-refractivity contribution in [1.29, 1.82) is 0 Å². The smallest absolute Gasteiger partial charge is 0.152 e. The van der Waals surface area contributed by atoms with Crippen molar-refractivity contribution >= 4 is 11.6 Å². The summed E-state index contributed by atoms with van der Waals surface area (Å²) >= 11 is 0. The van der Waals surface area contributed by atoms with E-state index in [0.717, 1.165) is 23.9 Å². The molecule has 3 heterocycles. The first-order chi connectivity index (χ1) is 10.3. The Morgan fingerprint density at radius 1 is 1.14 bits per heavy atom. The molecule has 1 aliphatic rings. The van der Waals surface area contributed by atoms with Gasteiger partial charge in [0.25, 0.3) is 0 Å². The lowest BCUT2D eigenvalue weighted by molar-refractivity contribution is 0.0369. The van der Waals surface area contributed by atoms with Crippen molar-refractivity contribution in [3.8, 4) is 0 Å². The number of morpholine rings is 1. The summed E-state index contributed by atoms with van der Waals surface area (Å²) in [6.45, 7) is 2.12. The molecule has 1 atom stereocenters. The maximum absolute atomic E-state index is 5.89. The van der Waals surface area contributed by atoms with Gasteiger partial charge in [-0.3, -0.25) is 9.97 Å². The molecule has 0 aliphatic carbocycles. The molecule has 7 nitrogen and oxygen atoms in total. The molecule has 0 spiro atoms. The van der Waals surface area contributed by atoms with Crippen LogP contribution in [0.2, 0.25) is 0 Å². The van der Waals surface area contributed by atoms with E-state index in [1.807, 2.05) is 19.0 Å². The Morgan fingerprint density at radius 2 is 1.95 bits per heavy atom. The largest absolute Gasteiger partial charge is 0.368 e. The van der Waals surface area contributed by atoms with Gasteiger partial charge in [-0.1, -0.05) is 0 Å². The van der Waals surface area contributed by atoms with Gasteiger partial charge < -0.3 is 14.5 Å². The average Bonchev–Trinajstić information content (AvgIpc) is 2.56. The fourth-order valence-electron chi connectivity index (χ4n) is 2.39. The highest BCUT2D eigenvalue weighted by molar-refractivity contribution is 5.44. The predicted molar refractivity (Wildman–Crippen MR) is 79.3 cm³/mol. The SMILES string of the molecule is CN(C)c1nccnc1C1CN(c2cnccn2)CCO1. The summed E-state index contributed by atoms with van der Waals surface area (Å²) in [4.78, 5) is 21.4. The first-order valence-corrected chi connectivity index (χ1v) is 6.86. The van der Waals surface area contributed by atoms with E-state index >= 15 is 0 Å². The standard InChI is InChI=1S/C14H18N6O/c1-19(2)14-13(17-5-6-18-14)11-10-20(7-8-21-11)12-9-15-3-4-16-12/h3-6,9,11H,7-8,10H2,1-2H3. The molecule has 1 aliphatic heterocycles. The van der Waals surface area contributed by atoms with Crippen LogP contribution in [0.4, 0.5) is 11.6 Å². The highest BCUT2D eigenvalue weighted by atomic mass is 16.5. The first kappa shape index (κ1) is 13.7. The molecule has 0 aromatic carbocycles. The zero-order valence-electron chi connectivity index (χ0n) is 12.2. The Morgan fingerprint density at radius 3 is 2.71 bits per heavy atom. The monoisotopic (exact) mass is 286 g/mol. The summed E-state index contributed by atoms with van der Waals surface area (Å²) < 4.78 is 5.89. The van der Waals surface area contributed by atoms with Gasteiger partial charge in [0.1, 0.15) is 17.6 Å². The maximum atomic E-state index is 5.89. The molecule has 110 valence electrons. The Hall–Kier alpha value is -2.28. The van der Waals surface area contributed by atoms with Crippen molar-refractivity contribution in [2.45, 2.75) is 6.10 Å². The van der Waals surface area contributed by atoms with Gasteiger partial charge in [0.2, 0.25) is 0 Å². The van der Waals surface area contributed by atoms with E-state index in [1.165, 1.54) is 0 Å². The molecule has 3 rings (SSSR count). The lowest BCUT2D eigenvalue weighted by Gasteiger charge is -2.34. The molecule has 0 saturated carbocycles. The first-order valence-electron chi connectivity index (χ1n) is 6.86. The van der Waals surface area contributed by atoms with Crippen LogP contribution in [0.25, 0.3) is 0 Å². The van der Waals surface area contributed by atoms with Crippen molar-refractivity contribution in [3.63, 3.8) is 0 Å². The molecule has 2 aromatic rings. The van der Waals surface area contributed by atoms with E-state index in [0.29, 0.717) is 13.2 Å². The molecular weight excluding hydrogens is 268 g/mol. The zero-order chi connectivity index (χ0) is 14.7. The van der Waals surface area contributed by atoms with Gasteiger partial charge in [-0.2, -0.15) is 0 Å². The number of rotatable bonds is 3. The number of hydrogen-bond donors (Lipinski definition) is 0. The van der Waals surface area contributed by atoms with E-state index in [9.17, 15) is 0 Å². The summed E-state index contributed by atoms with van der Waals surface area (Å²) in [7, 11) is 3.91. The van der Waals surface area contributed by atoms with Crippen LogP contribution in [0.3, 0.4) is 0 Å². The summed E-state index contributed by atoms with van der Waals surface area (Å²) in [5.74, 6) is 1.70. The predicted octanol–water partition coefficient (Wildman–Crippen LogP) is 0.910. The van der Waals surface area contributed by atoms with Crippen molar-refractivity contribution in [2.75, 3.05) is 43.6 Å². The minimum Gasteiger partial charge on any atom is -0.368 e. The van der Waals surface area contributed by atoms with Gasteiger partial charge in [0.05, 0.1) is 19.3 Å². The highest BCUT2D eigenvalue weighted by Gasteiger charge is 2.27. The number of anilines is 2. The summed E-state index contributed by atoms with van der Waals surface area (Å²) in [6, 6.07) is 0. The number of hydrogen-bond acceptors (Lipinski definition) is 7. The Labute approximate surface area is 123 Å². The van der Waals surface area contributed by atoms with Crippen LogP contribution in [0.15, 0.2) is 31.0 Å². The second-order valence-electron chi connectivity index (χ2n) is 5.03. The number of aromatic nitrogens is 4. The third-order valence-corrected chi connectivity index (χ3v) is 3.37. The second-order valence-corrected chi connectivity index (χ2v) is 5.03. The molecular formula is C14H18N6O. The summed E-state index contributed by atoms with van der Waals surface area (Å²) in [6.07, 6.45) is 8.43. The number of nitrogens with zero attached hydrogens (tertiary/aromatic N) is 6. The van der Waals surface area contributed by atoms with Crippen LogP contribution < -0.4 is 9.80 Å². The van der Waals surface area contributed by atoms with Crippen LogP contribution in [0.5, 0.6) is 0 Å². The molecule has 0 amide bonds. The molecule has 2 aromatic heterocycles. The van der Waals surface area contributed by atoms with Crippen molar-refractivity contribution in [1.82, 2.24) is 19.9 Å². The molecule has 1 saturated heterocycles. The van der Waals surface area contributed by atoms with Gasteiger partial charge in [0, 0.05) is 45.4 Å². The third kappa shape index (κ3) is 2.92. The van der Waals surface area contributed by atoms with Crippen LogP contribution in [0, 0.1) is 0 Å². The summed E-state index contributed by atoms with van der Waals surface area (Å²) in [5, 5.41) is 0. The number of ether oxygens (including phenoxy) is 1. The van der Waals surface area contributed by atoms with Crippen LogP contribution in [-0.4, -0.2) is 53.7 Å². The Balaban J connectivity index is 1.84. The highest BCUT2D eigenvalue weighted by Crippen LogP contribution is 2.27. The fraction of sp³-hybridized carbons (Fsp3) is 0.429. The molecule has 1 unspecified atom stereocenters. The van der Waals surface area contributed by atoms with Gasteiger partial charge in [0.15, 0.2) is 5.82 Å². The molecule has 0 N–H and O–H groups in total. The van der Waals surface area contributed by atoms with Gasteiger partial charge in [-0.05, 0) is 0 Å². The van der Waals surface area contributed by atoms with E-state index in [2.05, 4.69) is 24.8 Å². The molecule has 21 heavy (non-hydrogen) atoms. The maximum Gasteiger partial charge on any atom is 0.152 e. The minimum atomic E-state index is -0.119. The van der Waals surface area contributed by atoms with Gasteiger partial charge in [-0.15, -0.1) is 0 Å². The van der Waals surface area contributed by atoms with E-state index in [4.69, 9.17) is 4.74 Å². The zero-order valence-corrected chi connectivity index (χ0v) is 12.2. The van der Waals surface area contributed by atoms with E-state index < -0.39 is 0 Å². The van der Waals surface area contributed by atoms with Gasteiger partial charge in [-0.25, -0.2) is 9.97 Å². The van der Waals surface area contributed by atoms with Gasteiger partial charge >= 0.3 is 0 Å². The Bertz CT molecular complexity index is 591. The van der Waals surface area contributed by atoms with E-state index in [1.54, 1.807) is 31.0 Å². The lowest BCUT2D eigenvalue weighted by Crippen LogP contribution is -2.39. The van der Waals surface area contributed by atoms with Crippen molar-refractivity contribution in [3.05, 3.63) is 36.7 Å². The van der Waals surface area contributed by atoms with Crippen molar-refractivity contribution < 1.29 is 4.74 Å². The fourth-order valence-corrected chi connectivity index (χ4v) is 2.39. The lowest BCUT2D eigenvalue weighted by atomic mass is 10.2. The van der Waals surface area contributed by atoms with E-state index in [-0.39, 0.29) is 6.10 Å². The minimum absolute atomic E-state index is 0.119. The van der Waals surface area contributed by atoms with Crippen LogP contribution >= 0.6 is 0 Å². The molecule has 7 heteroatoms. The second kappa shape index (κ2) is 6.01.